The maximum absolute atomic E-state index is 13.0. The number of hydrogen-bond donors (Lipinski definition) is 2. The van der Waals surface area contributed by atoms with Crippen molar-refractivity contribution in [3.63, 3.8) is 0 Å². The highest BCUT2D eigenvalue weighted by atomic mass is 19.4. The molecule has 0 bridgehead atoms. The van der Waals surface area contributed by atoms with Crippen LogP contribution in [0.3, 0.4) is 0 Å². The first-order valence-electron chi connectivity index (χ1n) is 10.4. The van der Waals surface area contributed by atoms with Gasteiger partial charge in [-0.1, -0.05) is 24.3 Å². The number of rotatable bonds is 4. The molecule has 10 heteroatoms. The topological polar surface area (TPSA) is 90.2 Å². The Balaban J connectivity index is 1.34. The molecule has 32 heavy (non-hydrogen) atoms. The normalized spacial score (nSPS) is 19.5. The number of nitrogens with two attached hydrogens (primary N) is 1. The number of primary amides is 1. The maximum atomic E-state index is 13.0. The maximum Gasteiger partial charge on any atom is 0.434 e. The highest BCUT2D eigenvalue weighted by Gasteiger charge is 2.34. The van der Waals surface area contributed by atoms with Gasteiger partial charge in [-0.15, -0.1) is 0 Å². The van der Waals surface area contributed by atoms with Gasteiger partial charge in [0.05, 0.1) is 11.6 Å². The van der Waals surface area contributed by atoms with Gasteiger partial charge in [-0.2, -0.15) is 18.3 Å². The SMILES string of the molecule is NC(=O)c1c2ccccc2nn1C1CCC(Nc2cccc3nc(C(F)(F)F)cn23)CC1. The van der Waals surface area contributed by atoms with Gasteiger partial charge in [0.2, 0.25) is 0 Å². The second-order valence-corrected chi connectivity index (χ2v) is 8.09. The third-order valence-corrected chi connectivity index (χ3v) is 6.01. The third kappa shape index (κ3) is 3.55. The number of alkyl halides is 3. The molecule has 0 radical (unpaired) electrons. The van der Waals surface area contributed by atoms with E-state index in [1.54, 1.807) is 22.9 Å². The lowest BCUT2D eigenvalue weighted by Crippen LogP contribution is -2.30. The lowest BCUT2D eigenvalue weighted by molar-refractivity contribution is -0.140. The van der Waals surface area contributed by atoms with Crippen molar-refractivity contribution in [3.8, 4) is 0 Å². The Kier molecular flexibility index (Phi) is 4.79. The second-order valence-electron chi connectivity index (χ2n) is 8.09. The standard InChI is InChI=1S/C22H21F3N6O/c23-22(24,25)17-12-30-18(6-3-7-19(30)28-17)27-13-8-10-14(11-9-13)31-20(21(26)32)15-4-1-2-5-16(15)29-31/h1-7,12-14,27H,8-11H2,(H2,26,32). The number of halogens is 3. The minimum Gasteiger partial charge on any atom is -0.368 e. The summed E-state index contributed by atoms with van der Waals surface area (Å²) in [6.45, 7) is 0. The van der Waals surface area contributed by atoms with Crippen molar-refractivity contribution in [2.45, 2.75) is 43.9 Å². The van der Waals surface area contributed by atoms with Crippen LogP contribution in [0.2, 0.25) is 0 Å². The first-order valence-corrected chi connectivity index (χ1v) is 10.4. The lowest BCUT2D eigenvalue weighted by Gasteiger charge is -2.30. The van der Waals surface area contributed by atoms with Crippen molar-refractivity contribution < 1.29 is 18.0 Å². The average molecular weight is 442 g/mol. The molecule has 3 heterocycles. The number of imidazole rings is 1. The molecule has 3 N–H and O–H groups in total. The number of nitrogens with one attached hydrogen (secondary N) is 1. The van der Waals surface area contributed by atoms with Crippen LogP contribution in [0.1, 0.15) is 47.9 Å². The summed E-state index contributed by atoms with van der Waals surface area (Å²) >= 11 is 0. The number of benzene rings is 1. The predicted molar refractivity (Wildman–Crippen MR) is 113 cm³/mol. The van der Waals surface area contributed by atoms with Gasteiger partial charge in [0.15, 0.2) is 5.69 Å². The molecule has 0 spiro atoms. The fourth-order valence-corrected chi connectivity index (χ4v) is 4.50. The number of anilines is 1. The molecule has 1 aliphatic carbocycles. The zero-order valence-corrected chi connectivity index (χ0v) is 17.0. The van der Waals surface area contributed by atoms with Crippen LogP contribution in [-0.2, 0) is 6.18 Å². The van der Waals surface area contributed by atoms with E-state index in [0.717, 1.165) is 42.8 Å². The fraction of sp³-hybridized carbons (Fsp3) is 0.318. The van der Waals surface area contributed by atoms with Gasteiger partial charge in [-0.25, -0.2) is 4.98 Å². The van der Waals surface area contributed by atoms with Crippen LogP contribution in [0, 0.1) is 0 Å². The number of carbonyl (C=O) groups is 1. The van der Waals surface area contributed by atoms with Crippen molar-refractivity contribution in [2.24, 2.45) is 5.73 Å². The highest BCUT2D eigenvalue weighted by Crippen LogP contribution is 2.34. The molecule has 1 fully saturated rings. The summed E-state index contributed by atoms with van der Waals surface area (Å²) in [5.74, 6) is 0.0582. The van der Waals surface area contributed by atoms with Gasteiger partial charge in [0, 0.05) is 17.6 Å². The monoisotopic (exact) mass is 442 g/mol. The average Bonchev–Trinajstić information content (AvgIpc) is 3.37. The van der Waals surface area contributed by atoms with Gasteiger partial charge in [0.25, 0.3) is 5.91 Å². The Morgan fingerprint density at radius 2 is 1.81 bits per heavy atom. The van der Waals surface area contributed by atoms with Crippen molar-refractivity contribution in [3.05, 3.63) is 60.0 Å². The summed E-state index contributed by atoms with van der Waals surface area (Å²) in [4.78, 5) is 15.8. The van der Waals surface area contributed by atoms with Crippen LogP contribution < -0.4 is 11.1 Å². The van der Waals surface area contributed by atoms with Crippen molar-refractivity contribution in [1.82, 2.24) is 19.2 Å². The number of carbonyl (C=O) groups excluding carboxylic acids is 1. The molecular weight excluding hydrogens is 421 g/mol. The van der Waals surface area contributed by atoms with E-state index < -0.39 is 17.8 Å². The smallest absolute Gasteiger partial charge is 0.368 e. The molecule has 1 amide bonds. The van der Waals surface area contributed by atoms with Crippen molar-refractivity contribution >= 4 is 28.3 Å². The van der Waals surface area contributed by atoms with E-state index >= 15 is 0 Å². The van der Waals surface area contributed by atoms with Crippen LogP contribution in [0.15, 0.2) is 48.7 Å². The zero-order chi connectivity index (χ0) is 22.5. The largest absolute Gasteiger partial charge is 0.434 e. The summed E-state index contributed by atoms with van der Waals surface area (Å²) in [7, 11) is 0. The first kappa shape index (κ1) is 20.3. The van der Waals surface area contributed by atoms with Crippen LogP contribution in [0.5, 0.6) is 0 Å². The van der Waals surface area contributed by atoms with E-state index in [4.69, 9.17) is 5.73 Å². The number of aromatic nitrogens is 4. The molecule has 1 aromatic carbocycles. The first-order chi connectivity index (χ1) is 15.3. The lowest BCUT2D eigenvalue weighted by atomic mass is 9.91. The summed E-state index contributed by atoms with van der Waals surface area (Å²) in [5, 5.41) is 8.71. The van der Waals surface area contributed by atoms with Gasteiger partial charge in [-0.3, -0.25) is 13.9 Å². The Hall–Kier alpha value is -3.56. The number of hydrogen-bond acceptors (Lipinski definition) is 4. The number of pyridine rings is 1. The predicted octanol–water partition coefficient (Wildman–Crippen LogP) is 4.40. The van der Waals surface area contributed by atoms with Gasteiger partial charge >= 0.3 is 6.18 Å². The molecule has 1 saturated carbocycles. The molecule has 5 rings (SSSR count). The minimum absolute atomic E-state index is 0.0313. The summed E-state index contributed by atoms with van der Waals surface area (Å²) in [6.07, 6.45) is -0.406. The van der Waals surface area contributed by atoms with Crippen LogP contribution in [0.25, 0.3) is 16.6 Å². The minimum atomic E-state index is -4.49. The molecule has 0 aliphatic heterocycles. The Morgan fingerprint density at radius 1 is 1.06 bits per heavy atom. The van der Waals surface area contributed by atoms with Gasteiger partial charge < -0.3 is 11.1 Å². The van der Waals surface area contributed by atoms with E-state index in [0.29, 0.717) is 11.5 Å². The number of nitrogens with zero attached hydrogens (tertiary/aromatic N) is 4. The molecular formula is C22H21F3N6O. The second kappa shape index (κ2) is 7.54. The van der Waals surface area contributed by atoms with E-state index in [1.807, 2.05) is 24.3 Å². The number of amides is 1. The van der Waals surface area contributed by atoms with Crippen molar-refractivity contribution in [1.29, 1.82) is 0 Å². The molecule has 0 unspecified atom stereocenters. The van der Waals surface area contributed by atoms with Crippen LogP contribution in [-0.4, -0.2) is 31.1 Å². The Bertz CT molecular complexity index is 1300. The summed E-state index contributed by atoms with van der Waals surface area (Å²) in [5.41, 5.74) is 6.12. The molecule has 4 aromatic rings. The number of fused-ring (bicyclic) bond motifs is 2. The molecule has 166 valence electrons. The third-order valence-electron chi connectivity index (χ3n) is 6.01. The molecule has 0 saturated heterocycles. The van der Waals surface area contributed by atoms with E-state index in [2.05, 4.69) is 15.4 Å². The quantitative estimate of drug-likeness (QED) is 0.490. The Morgan fingerprint density at radius 3 is 2.53 bits per heavy atom. The molecule has 3 aromatic heterocycles. The van der Waals surface area contributed by atoms with Crippen LogP contribution >= 0.6 is 0 Å². The summed E-state index contributed by atoms with van der Waals surface area (Å²) in [6, 6.07) is 12.5. The fourth-order valence-electron chi connectivity index (χ4n) is 4.50. The molecule has 7 nitrogen and oxygen atoms in total. The summed E-state index contributed by atoms with van der Waals surface area (Å²) < 4.78 is 42.3. The zero-order valence-electron chi connectivity index (χ0n) is 17.0. The van der Waals surface area contributed by atoms with E-state index in [1.165, 1.54) is 4.40 Å². The molecule has 1 aliphatic rings. The Labute approximate surface area is 181 Å². The molecule has 0 atom stereocenters. The van der Waals surface area contributed by atoms with Gasteiger partial charge in [0.1, 0.15) is 17.2 Å². The van der Waals surface area contributed by atoms with E-state index in [-0.39, 0.29) is 17.7 Å². The van der Waals surface area contributed by atoms with Gasteiger partial charge in [-0.05, 0) is 43.9 Å². The van der Waals surface area contributed by atoms with E-state index in [9.17, 15) is 18.0 Å². The van der Waals surface area contributed by atoms with Crippen LogP contribution in [0.4, 0.5) is 19.0 Å². The highest BCUT2D eigenvalue weighted by molar-refractivity contribution is 6.04. The van der Waals surface area contributed by atoms with Crippen molar-refractivity contribution in [2.75, 3.05) is 5.32 Å².